The smallest absolute Gasteiger partial charge is 0.175 e. The molecular weight excluding hydrogens is 286 g/mol. The largest absolute Gasteiger partial charge is 0.457 e. The lowest BCUT2D eigenvalue weighted by atomic mass is 10.2. The van der Waals surface area contributed by atoms with Gasteiger partial charge in [0, 0.05) is 18.4 Å². The van der Waals surface area contributed by atoms with Crippen LogP contribution in [0.3, 0.4) is 0 Å². The molecule has 0 radical (unpaired) electrons. The summed E-state index contributed by atoms with van der Waals surface area (Å²) < 4.78 is 28.7. The molecule has 2 aromatic carbocycles. The van der Waals surface area contributed by atoms with Crippen molar-refractivity contribution in [2.75, 3.05) is 12.8 Å². The van der Waals surface area contributed by atoms with Crippen molar-refractivity contribution in [3.63, 3.8) is 0 Å². The molecule has 112 valence electrons. The predicted molar refractivity (Wildman–Crippen MR) is 83.4 cm³/mol. The highest BCUT2D eigenvalue weighted by Crippen LogP contribution is 2.26. The van der Waals surface area contributed by atoms with Gasteiger partial charge in [0.25, 0.3) is 0 Å². The Hall–Kier alpha value is -1.85. The molecule has 0 aromatic heterocycles. The van der Waals surface area contributed by atoms with E-state index in [4.69, 9.17) is 4.74 Å². The minimum atomic E-state index is -3.18. The Kier molecular flexibility index (Phi) is 4.98. The Balaban J connectivity index is 2.18. The summed E-state index contributed by atoms with van der Waals surface area (Å²) in [6.45, 7) is 3.67. The molecule has 0 aliphatic heterocycles. The molecule has 2 aromatic rings. The van der Waals surface area contributed by atoms with Crippen LogP contribution >= 0.6 is 0 Å². The molecule has 1 N–H and O–H groups in total. The number of ether oxygens (including phenoxy) is 1. The first-order valence-electron chi connectivity index (χ1n) is 6.77. The molecule has 0 aliphatic carbocycles. The van der Waals surface area contributed by atoms with Crippen LogP contribution in [0.15, 0.2) is 53.4 Å². The van der Waals surface area contributed by atoms with Crippen molar-refractivity contribution in [2.45, 2.75) is 18.4 Å². The Morgan fingerprint density at radius 2 is 1.71 bits per heavy atom. The zero-order chi connectivity index (χ0) is 15.3. The van der Waals surface area contributed by atoms with E-state index in [1.54, 1.807) is 24.3 Å². The van der Waals surface area contributed by atoms with E-state index in [9.17, 15) is 8.42 Å². The van der Waals surface area contributed by atoms with Crippen LogP contribution in [0.2, 0.25) is 0 Å². The van der Waals surface area contributed by atoms with Gasteiger partial charge in [-0.05, 0) is 36.9 Å². The number of hydrogen-bond donors (Lipinski definition) is 1. The number of benzene rings is 2. The Labute approximate surface area is 125 Å². The monoisotopic (exact) mass is 305 g/mol. The summed E-state index contributed by atoms with van der Waals surface area (Å²) >= 11 is 0. The first-order valence-corrected chi connectivity index (χ1v) is 8.66. The van der Waals surface area contributed by atoms with Crippen molar-refractivity contribution in [1.82, 2.24) is 5.32 Å². The summed E-state index contributed by atoms with van der Waals surface area (Å²) in [5, 5.41) is 3.26. The van der Waals surface area contributed by atoms with Crippen molar-refractivity contribution < 1.29 is 13.2 Å². The highest BCUT2D eigenvalue weighted by molar-refractivity contribution is 7.90. The molecule has 0 aliphatic rings. The molecule has 0 spiro atoms. The molecule has 5 heteroatoms. The van der Waals surface area contributed by atoms with E-state index in [1.165, 1.54) is 6.26 Å². The third-order valence-electron chi connectivity index (χ3n) is 3.02. The fourth-order valence-electron chi connectivity index (χ4n) is 1.89. The maximum absolute atomic E-state index is 11.4. The zero-order valence-electron chi connectivity index (χ0n) is 12.2. The van der Waals surface area contributed by atoms with Gasteiger partial charge in [-0.1, -0.05) is 25.1 Å². The number of para-hydroxylation sites is 1. The van der Waals surface area contributed by atoms with Crippen LogP contribution in [0.25, 0.3) is 0 Å². The molecule has 0 atom stereocenters. The topological polar surface area (TPSA) is 55.4 Å². The van der Waals surface area contributed by atoms with E-state index >= 15 is 0 Å². The first-order chi connectivity index (χ1) is 10.0. The predicted octanol–water partition coefficient (Wildman–Crippen LogP) is 2.99. The highest BCUT2D eigenvalue weighted by Gasteiger charge is 2.08. The Morgan fingerprint density at radius 1 is 1.05 bits per heavy atom. The van der Waals surface area contributed by atoms with Crippen LogP contribution in [0, 0.1) is 0 Å². The lowest BCUT2D eigenvalue weighted by molar-refractivity contribution is 0.473. The van der Waals surface area contributed by atoms with Crippen LogP contribution in [0.1, 0.15) is 12.5 Å². The average Bonchev–Trinajstić information content (AvgIpc) is 2.46. The van der Waals surface area contributed by atoms with Crippen molar-refractivity contribution in [3.8, 4) is 11.5 Å². The lowest BCUT2D eigenvalue weighted by Crippen LogP contribution is -2.12. The number of nitrogens with one attached hydrogen (secondary N) is 1. The second-order valence-corrected chi connectivity index (χ2v) is 6.75. The van der Waals surface area contributed by atoms with Gasteiger partial charge in [-0.3, -0.25) is 0 Å². The van der Waals surface area contributed by atoms with E-state index in [2.05, 4.69) is 5.32 Å². The second-order valence-electron chi connectivity index (χ2n) is 4.73. The van der Waals surface area contributed by atoms with Crippen molar-refractivity contribution in [1.29, 1.82) is 0 Å². The number of sulfone groups is 1. The second kappa shape index (κ2) is 6.74. The van der Waals surface area contributed by atoms with Crippen LogP contribution in [-0.2, 0) is 16.4 Å². The van der Waals surface area contributed by atoms with Crippen LogP contribution < -0.4 is 10.1 Å². The van der Waals surface area contributed by atoms with E-state index < -0.39 is 9.84 Å². The fourth-order valence-corrected chi connectivity index (χ4v) is 2.52. The van der Waals surface area contributed by atoms with Gasteiger partial charge in [-0.2, -0.15) is 0 Å². The Bertz CT molecular complexity index is 694. The first kappa shape index (κ1) is 15.5. The SMILES string of the molecule is CCNCc1ccccc1Oc1ccc(S(C)(=O)=O)cc1. The summed E-state index contributed by atoms with van der Waals surface area (Å²) in [6.07, 6.45) is 1.19. The quantitative estimate of drug-likeness (QED) is 0.891. The van der Waals surface area contributed by atoms with Crippen molar-refractivity contribution >= 4 is 9.84 Å². The van der Waals surface area contributed by atoms with Crippen molar-refractivity contribution in [2.24, 2.45) is 0 Å². The molecule has 0 bridgehead atoms. The highest BCUT2D eigenvalue weighted by atomic mass is 32.2. The third-order valence-corrected chi connectivity index (χ3v) is 4.15. The van der Waals surface area contributed by atoms with Gasteiger partial charge in [0.05, 0.1) is 4.90 Å². The van der Waals surface area contributed by atoms with E-state index in [0.29, 0.717) is 5.75 Å². The summed E-state index contributed by atoms with van der Waals surface area (Å²) in [6, 6.07) is 14.2. The molecular formula is C16H19NO3S. The van der Waals surface area contributed by atoms with E-state index in [0.717, 1.165) is 24.4 Å². The van der Waals surface area contributed by atoms with E-state index in [-0.39, 0.29) is 4.90 Å². The minimum Gasteiger partial charge on any atom is -0.457 e. The molecule has 0 saturated heterocycles. The van der Waals surface area contributed by atoms with Gasteiger partial charge in [0.15, 0.2) is 9.84 Å². The zero-order valence-corrected chi connectivity index (χ0v) is 13.0. The normalized spacial score (nSPS) is 11.3. The summed E-state index contributed by atoms with van der Waals surface area (Å²) in [5.41, 5.74) is 1.06. The van der Waals surface area contributed by atoms with Gasteiger partial charge in [0.2, 0.25) is 0 Å². The molecule has 0 unspecified atom stereocenters. The number of hydrogen-bond acceptors (Lipinski definition) is 4. The van der Waals surface area contributed by atoms with E-state index in [1.807, 2.05) is 31.2 Å². The summed E-state index contributed by atoms with van der Waals surface area (Å²) in [4.78, 5) is 0.288. The van der Waals surface area contributed by atoms with Crippen molar-refractivity contribution in [3.05, 3.63) is 54.1 Å². The van der Waals surface area contributed by atoms with Gasteiger partial charge >= 0.3 is 0 Å². The van der Waals surface area contributed by atoms with Crippen LogP contribution in [0.5, 0.6) is 11.5 Å². The molecule has 0 fully saturated rings. The third kappa shape index (κ3) is 4.31. The molecule has 0 saturated carbocycles. The molecule has 21 heavy (non-hydrogen) atoms. The van der Waals surface area contributed by atoms with Gasteiger partial charge in [-0.15, -0.1) is 0 Å². The summed E-state index contributed by atoms with van der Waals surface area (Å²) in [7, 11) is -3.18. The fraction of sp³-hybridized carbons (Fsp3) is 0.250. The average molecular weight is 305 g/mol. The molecule has 0 amide bonds. The van der Waals surface area contributed by atoms with Crippen LogP contribution in [-0.4, -0.2) is 21.2 Å². The minimum absolute atomic E-state index is 0.288. The molecule has 0 heterocycles. The van der Waals surface area contributed by atoms with Gasteiger partial charge in [0.1, 0.15) is 11.5 Å². The Morgan fingerprint density at radius 3 is 2.33 bits per heavy atom. The standard InChI is InChI=1S/C16H19NO3S/c1-3-17-12-13-6-4-5-7-16(13)20-14-8-10-15(11-9-14)21(2,18)19/h4-11,17H,3,12H2,1-2H3. The maximum atomic E-state index is 11.4. The van der Waals surface area contributed by atoms with Gasteiger partial charge < -0.3 is 10.1 Å². The lowest BCUT2D eigenvalue weighted by Gasteiger charge is -2.11. The number of rotatable bonds is 6. The summed E-state index contributed by atoms with van der Waals surface area (Å²) in [5.74, 6) is 1.39. The maximum Gasteiger partial charge on any atom is 0.175 e. The molecule has 4 nitrogen and oxygen atoms in total. The molecule has 2 rings (SSSR count). The van der Waals surface area contributed by atoms with Gasteiger partial charge in [-0.25, -0.2) is 8.42 Å². The van der Waals surface area contributed by atoms with Crippen LogP contribution in [0.4, 0.5) is 0 Å².